The molecule has 3 heterocycles. The fraction of sp³-hybridized carbons (Fsp3) is 0.455. The lowest BCUT2D eigenvalue weighted by Crippen LogP contribution is -2.56. The number of benzene rings is 1. The maximum atomic E-state index is 12.9. The minimum atomic E-state index is 0.0136. The van der Waals surface area contributed by atoms with Gasteiger partial charge in [0.25, 0.3) is 0 Å². The summed E-state index contributed by atoms with van der Waals surface area (Å²) in [7, 11) is 0. The Morgan fingerprint density at radius 2 is 2.17 bits per heavy atom. The Morgan fingerprint density at radius 1 is 1.27 bits per heavy atom. The first-order chi connectivity index (χ1) is 14.7. The third-order valence-corrected chi connectivity index (χ3v) is 6.58. The van der Waals surface area contributed by atoms with E-state index in [1.54, 1.807) is 17.2 Å². The molecule has 1 aliphatic heterocycles. The maximum Gasteiger partial charge on any atom is 0.244 e. The second kappa shape index (κ2) is 7.93. The third kappa shape index (κ3) is 3.69. The molecule has 3 atom stereocenters. The van der Waals surface area contributed by atoms with Crippen molar-refractivity contribution < 1.29 is 9.59 Å². The third-order valence-electron chi connectivity index (χ3n) is 6.58. The molecule has 1 saturated carbocycles. The molecule has 5 rings (SSSR count). The first kappa shape index (κ1) is 18.8. The van der Waals surface area contributed by atoms with Gasteiger partial charge < -0.3 is 15.2 Å². The van der Waals surface area contributed by atoms with Gasteiger partial charge in [-0.3, -0.25) is 14.3 Å². The van der Waals surface area contributed by atoms with E-state index in [0.717, 1.165) is 42.4 Å². The zero-order valence-corrected chi connectivity index (χ0v) is 16.8. The van der Waals surface area contributed by atoms with Gasteiger partial charge in [0.2, 0.25) is 11.8 Å². The fourth-order valence-electron chi connectivity index (χ4n) is 4.82. The highest BCUT2D eigenvalue weighted by atomic mass is 16.2. The van der Waals surface area contributed by atoms with E-state index in [4.69, 9.17) is 0 Å². The van der Waals surface area contributed by atoms with Crippen LogP contribution >= 0.6 is 0 Å². The van der Waals surface area contributed by atoms with Crippen molar-refractivity contribution in [2.75, 3.05) is 19.6 Å². The van der Waals surface area contributed by atoms with E-state index in [1.165, 1.54) is 0 Å². The number of H-pyrrole nitrogens is 1. The summed E-state index contributed by atoms with van der Waals surface area (Å²) in [6, 6.07) is 7.87. The number of piperidine rings is 1. The molecule has 2 amide bonds. The number of carbonyl (C=O) groups is 2. The number of fused-ring (bicyclic) bond motifs is 2. The molecule has 156 valence electrons. The summed E-state index contributed by atoms with van der Waals surface area (Å²) in [5.41, 5.74) is 1.91. The molecule has 3 aromatic rings. The van der Waals surface area contributed by atoms with Crippen molar-refractivity contribution in [2.24, 2.45) is 17.8 Å². The lowest BCUT2D eigenvalue weighted by molar-refractivity contribution is -0.145. The topological polar surface area (TPSA) is 95.9 Å². The minimum Gasteiger partial charge on any atom is -0.355 e. The van der Waals surface area contributed by atoms with Crippen molar-refractivity contribution in [1.29, 1.82) is 0 Å². The normalized spacial score (nSPS) is 23.1. The van der Waals surface area contributed by atoms with Crippen LogP contribution in [0.4, 0.5) is 0 Å². The largest absolute Gasteiger partial charge is 0.355 e. The number of hydrogen-bond donors (Lipinski definition) is 2. The zero-order valence-electron chi connectivity index (χ0n) is 16.8. The number of likely N-dealkylation sites (tertiary alicyclic amines) is 1. The summed E-state index contributed by atoms with van der Waals surface area (Å²) in [6.45, 7) is 2.29. The summed E-state index contributed by atoms with van der Waals surface area (Å²) in [5.74, 6) is 1.03. The molecule has 1 aromatic carbocycles. The number of nitrogens with zero attached hydrogens (tertiary/aromatic N) is 4. The Morgan fingerprint density at radius 3 is 3.00 bits per heavy atom. The predicted octanol–water partition coefficient (Wildman–Crippen LogP) is 1.60. The van der Waals surface area contributed by atoms with Gasteiger partial charge in [-0.25, -0.2) is 4.98 Å². The average Bonchev–Trinajstić information content (AvgIpc) is 3.38. The van der Waals surface area contributed by atoms with E-state index in [-0.39, 0.29) is 30.2 Å². The Bertz CT molecular complexity index is 1010. The van der Waals surface area contributed by atoms with E-state index in [0.29, 0.717) is 19.0 Å². The molecular weight excluding hydrogens is 380 g/mol. The quantitative estimate of drug-likeness (QED) is 0.650. The molecular formula is C22H26N6O2. The van der Waals surface area contributed by atoms with Gasteiger partial charge in [0, 0.05) is 55.4 Å². The number of rotatable bonds is 6. The molecule has 0 unspecified atom stereocenters. The maximum absolute atomic E-state index is 12.9. The molecule has 1 saturated heterocycles. The van der Waals surface area contributed by atoms with Gasteiger partial charge >= 0.3 is 0 Å². The van der Waals surface area contributed by atoms with Crippen molar-refractivity contribution >= 4 is 22.7 Å². The Hall–Kier alpha value is -3.16. The van der Waals surface area contributed by atoms with Gasteiger partial charge in [0.15, 0.2) is 0 Å². The van der Waals surface area contributed by atoms with E-state index in [2.05, 4.69) is 20.4 Å². The summed E-state index contributed by atoms with van der Waals surface area (Å²) in [4.78, 5) is 34.4. The SMILES string of the molecule is O=C(NCCc1cnc[nH]1)[C@@H]1C[C@H]2CCN(C(=O)Cn3cc4ccccc4n3)C[C@H]21. The van der Waals surface area contributed by atoms with Crippen LogP contribution in [0.1, 0.15) is 18.5 Å². The van der Waals surface area contributed by atoms with Crippen LogP contribution in [0, 0.1) is 17.8 Å². The first-order valence-electron chi connectivity index (χ1n) is 10.6. The summed E-state index contributed by atoms with van der Waals surface area (Å²) in [5, 5.41) is 8.58. The van der Waals surface area contributed by atoms with Gasteiger partial charge in [-0.15, -0.1) is 0 Å². The van der Waals surface area contributed by atoms with E-state index in [9.17, 15) is 9.59 Å². The molecule has 8 heteroatoms. The summed E-state index contributed by atoms with van der Waals surface area (Å²) < 4.78 is 1.72. The van der Waals surface area contributed by atoms with Gasteiger partial charge in [0.05, 0.1) is 11.8 Å². The highest BCUT2D eigenvalue weighted by molar-refractivity contribution is 5.81. The lowest BCUT2D eigenvalue weighted by Gasteiger charge is -2.50. The Balaban J connectivity index is 1.14. The standard InChI is InChI=1S/C22H26N6O2/c29-21(13-28-11-16-3-1-2-4-20(16)26-28)27-8-6-15-9-18(19(15)12-27)22(30)24-7-5-17-10-23-14-25-17/h1-4,10-11,14-15,18-19H,5-9,12-13H2,(H,23,25)(H,24,30)/t15-,18-,19-/m1/s1. The van der Waals surface area contributed by atoms with Gasteiger partial charge in [0.1, 0.15) is 6.54 Å². The van der Waals surface area contributed by atoms with Crippen molar-refractivity contribution in [2.45, 2.75) is 25.8 Å². The van der Waals surface area contributed by atoms with Gasteiger partial charge in [-0.2, -0.15) is 5.10 Å². The fourth-order valence-corrected chi connectivity index (χ4v) is 4.82. The minimum absolute atomic E-state index is 0.0136. The van der Waals surface area contributed by atoms with Crippen molar-refractivity contribution in [3.05, 3.63) is 48.7 Å². The van der Waals surface area contributed by atoms with E-state index < -0.39 is 0 Å². The Labute approximate surface area is 174 Å². The molecule has 1 aliphatic carbocycles. The van der Waals surface area contributed by atoms with Crippen molar-refractivity contribution in [3.8, 4) is 0 Å². The van der Waals surface area contributed by atoms with Crippen LogP contribution in [0.2, 0.25) is 0 Å². The summed E-state index contributed by atoms with van der Waals surface area (Å²) >= 11 is 0. The molecule has 2 N–H and O–H groups in total. The van der Waals surface area contributed by atoms with Gasteiger partial charge in [-0.1, -0.05) is 18.2 Å². The van der Waals surface area contributed by atoms with E-state index in [1.807, 2.05) is 35.4 Å². The van der Waals surface area contributed by atoms with Crippen LogP contribution in [-0.2, 0) is 22.6 Å². The van der Waals surface area contributed by atoms with Crippen LogP contribution in [-0.4, -0.2) is 56.1 Å². The van der Waals surface area contributed by atoms with Crippen molar-refractivity contribution in [3.63, 3.8) is 0 Å². The number of nitrogens with one attached hydrogen (secondary N) is 2. The second-order valence-electron chi connectivity index (χ2n) is 8.40. The number of amides is 2. The smallest absolute Gasteiger partial charge is 0.244 e. The number of aromatic amines is 1. The number of imidazole rings is 1. The van der Waals surface area contributed by atoms with Crippen LogP contribution in [0.3, 0.4) is 0 Å². The number of hydrogen-bond acceptors (Lipinski definition) is 4. The average molecular weight is 406 g/mol. The number of carbonyl (C=O) groups excluding carboxylic acids is 2. The van der Waals surface area contributed by atoms with Crippen molar-refractivity contribution in [1.82, 2.24) is 30.0 Å². The summed E-state index contributed by atoms with van der Waals surface area (Å²) in [6.07, 6.45) is 8.00. The highest BCUT2D eigenvalue weighted by Crippen LogP contribution is 2.45. The van der Waals surface area contributed by atoms with E-state index >= 15 is 0 Å². The van der Waals surface area contributed by atoms with Crippen LogP contribution < -0.4 is 5.32 Å². The second-order valence-corrected chi connectivity index (χ2v) is 8.40. The molecule has 0 spiro atoms. The monoisotopic (exact) mass is 406 g/mol. The Kier molecular flexibility index (Phi) is 4.98. The molecule has 2 fully saturated rings. The molecule has 0 radical (unpaired) electrons. The molecule has 2 aliphatic rings. The van der Waals surface area contributed by atoms with Crippen LogP contribution in [0.25, 0.3) is 10.9 Å². The van der Waals surface area contributed by atoms with Gasteiger partial charge in [-0.05, 0) is 30.7 Å². The molecule has 8 nitrogen and oxygen atoms in total. The highest BCUT2D eigenvalue weighted by Gasteiger charge is 2.48. The first-order valence-corrected chi connectivity index (χ1v) is 10.6. The predicted molar refractivity (Wildman–Crippen MR) is 111 cm³/mol. The number of aromatic nitrogens is 4. The zero-order chi connectivity index (χ0) is 20.5. The molecule has 30 heavy (non-hydrogen) atoms. The van der Waals surface area contributed by atoms with Crippen LogP contribution in [0.5, 0.6) is 0 Å². The molecule has 2 aromatic heterocycles. The molecule has 0 bridgehead atoms. The van der Waals surface area contributed by atoms with Crippen LogP contribution in [0.15, 0.2) is 43.0 Å². The lowest BCUT2D eigenvalue weighted by atomic mass is 9.61.